The highest BCUT2D eigenvalue weighted by molar-refractivity contribution is 7.80. The number of nitrogens with two attached hydrogens (primary N) is 1. The molecule has 1 aliphatic rings. The first-order valence-electron chi connectivity index (χ1n) is 5.82. The van der Waals surface area contributed by atoms with E-state index in [0.29, 0.717) is 11.6 Å². The first kappa shape index (κ1) is 13.0. The summed E-state index contributed by atoms with van der Waals surface area (Å²) in [6, 6.07) is 2.53. The Kier molecular flexibility index (Phi) is 5.27. The molecule has 88 valence electrons. The summed E-state index contributed by atoms with van der Waals surface area (Å²) >= 11 is 4.84. The second-order valence-electron chi connectivity index (χ2n) is 4.31. The maximum Gasteiger partial charge on any atom is 0.116 e. The summed E-state index contributed by atoms with van der Waals surface area (Å²) in [6.45, 7) is 1.88. The van der Waals surface area contributed by atoms with Crippen molar-refractivity contribution in [3.63, 3.8) is 0 Å². The van der Waals surface area contributed by atoms with Crippen molar-refractivity contribution in [2.75, 3.05) is 0 Å². The largest absolute Gasteiger partial charge is 0.389 e. The minimum atomic E-state index is 0.182. The molecule has 0 atom stereocenters. The lowest BCUT2D eigenvalue weighted by Gasteiger charge is -2.18. The first-order valence-corrected chi connectivity index (χ1v) is 6.23. The van der Waals surface area contributed by atoms with Gasteiger partial charge < -0.3 is 11.1 Å². The van der Waals surface area contributed by atoms with Crippen molar-refractivity contribution in [3.8, 4) is 6.07 Å². The quantitative estimate of drug-likeness (QED) is 0.342. The van der Waals surface area contributed by atoms with E-state index in [1.807, 2.05) is 6.92 Å². The highest BCUT2D eigenvalue weighted by Crippen LogP contribution is 2.18. The van der Waals surface area contributed by atoms with Crippen LogP contribution in [-0.4, -0.2) is 11.0 Å². The Bertz CT molecular complexity index is 320. The average molecular weight is 237 g/mol. The van der Waals surface area contributed by atoms with Gasteiger partial charge in [-0.3, -0.25) is 0 Å². The molecule has 0 saturated heterocycles. The predicted octanol–water partition coefficient (Wildman–Crippen LogP) is 2.38. The highest BCUT2D eigenvalue weighted by atomic mass is 32.1. The molecule has 1 aliphatic carbocycles. The Balaban J connectivity index is 2.64. The van der Waals surface area contributed by atoms with Crippen molar-refractivity contribution in [1.29, 1.82) is 5.26 Å². The third-order valence-corrected chi connectivity index (χ3v) is 3.21. The van der Waals surface area contributed by atoms with Gasteiger partial charge in [-0.2, -0.15) is 5.26 Å². The number of allylic oxidation sites excluding steroid dienone is 1. The average Bonchev–Trinajstić information content (AvgIpc) is 2.46. The van der Waals surface area contributed by atoms with E-state index in [2.05, 4.69) is 11.4 Å². The van der Waals surface area contributed by atoms with Gasteiger partial charge in [0.25, 0.3) is 0 Å². The Hall–Kier alpha value is -1.08. The van der Waals surface area contributed by atoms with Crippen LogP contribution in [0.1, 0.15) is 45.4 Å². The molecule has 1 fully saturated rings. The van der Waals surface area contributed by atoms with Gasteiger partial charge in [-0.05, 0) is 19.8 Å². The van der Waals surface area contributed by atoms with Gasteiger partial charge in [-0.1, -0.05) is 37.9 Å². The van der Waals surface area contributed by atoms with Crippen LogP contribution in [0.4, 0.5) is 0 Å². The van der Waals surface area contributed by atoms with Crippen LogP contribution in [0.5, 0.6) is 0 Å². The molecule has 1 rings (SSSR count). The van der Waals surface area contributed by atoms with E-state index in [1.165, 1.54) is 38.5 Å². The van der Waals surface area contributed by atoms with Gasteiger partial charge in [0.2, 0.25) is 0 Å². The van der Waals surface area contributed by atoms with Crippen LogP contribution in [0, 0.1) is 11.3 Å². The second-order valence-corrected chi connectivity index (χ2v) is 4.75. The van der Waals surface area contributed by atoms with Crippen molar-refractivity contribution >= 4 is 17.2 Å². The normalized spacial score (nSPS) is 19.2. The van der Waals surface area contributed by atoms with E-state index in [9.17, 15) is 0 Å². The lowest BCUT2D eigenvalue weighted by molar-refractivity contribution is 0.501. The molecule has 0 unspecified atom stereocenters. The fourth-order valence-electron chi connectivity index (χ4n) is 2.13. The van der Waals surface area contributed by atoms with Gasteiger partial charge in [0.15, 0.2) is 0 Å². The molecular formula is C12H19N3S. The monoisotopic (exact) mass is 237 g/mol. The summed E-state index contributed by atoms with van der Waals surface area (Å²) in [5.41, 5.74) is 6.73. The SMILES string of the molecule is C/C(NC1CCCCCC1)=C(/C#N)C(N)=S. The molecule has 0 aromatic rings. The number of thiocarbonyl (C=S) groups is 1. The van der Waals surface area contributed by atoms with Crippen molar-refractivity contribution in [2.24, 2.45) is 5.73 Å². The fourth-order valence-corrected chi connectivity index (χ4v) is 2.32. The molecule has 0 aromatic heterocycles. The second kappa shape index (κ2) is 6.49. The van der Waals surface area contributed by atoms with Gasteiger partial charge in [-0.25, -0.2) is 0 Å². The lowest BCUT2D eigenvalue weighted by Crippen LogP contribution is -2.29. The zero-order valence-electron chi connectivity index (χ0n) is 9.75. The molecule has 3 N–H and O–H groups in total. The van der Waals surface area contributed by atoms with Crippen LogP contribution >= 0.6 is 12.2 Å². The zero-order valence-corrected chi connectivity index (χ0v) is 10.6. The minimum Gasteiger partial charge on any atom is -0.389 e. The number of hydrogen-bond acceptors (Lipinski definition) is 3. The van der Waals surface area contributed by atoms with Gasteiger partial charge in [0.05, 0.1) is 0 Å². The summed E-state index contributed by atoms with van der Waals surface area (Å²) in [7, 11) is 0. The number of nitriles is 1. The Morgan fingerprint density at radius 2 is 1.88 bits per heavy atom. The number of rotatable bonds is 3. The van der Waals surface area contributed by atoms with Crippen LogP contribution < -0.4 is 11.1 Å². The molecule has 0 spiro atoms. The summed E-state index contributed by atoms with van der Waals surface area (Å²) in [4.78, 5) is 0.182. The van der Waals surface area contributed by atoms with Crippen LogP contribution in [0.25, 0.3) is 0 Å². The molecule has 3 nitrogen and oxygen atoms in total. The number of nitrogens with one attached hydrogen (secondary N) is 1. The number of nitrogens with zero attached hydrogens (tertiary/aromatic N) is 1. The van der Waals surface area contributed by atoms with Crippen molar-refractivity contribution in [3.05, 3.63) is 11.3 Å². The molecule has 0 aliphatic heterocycles. The van der Waals surface area contributed by atoms with E-state index in [0.717, 1.165) is 5.70 Å². The first-order chi connectivity index (χ1) is 7.65. The van der Waals surface area contributed by atoms with Gasteiger partial charge in [-0.15, -0.1) is 0 Å². The molecule has 0 heterocycles. The Labute approximate surface area is 103 Å². The van der Waals surface area contributed by atoms with Crippen molar-refractivity contribution in [2.45, 2.75) is 51.5 Å². The standard InChI is InChI=1S/C12H19N3S/c1-9(11(8-13)12(14)16)15-10-6-4-2-3-5-7-10/h10,15H,2-7H2,1H3,(H2,14,16)/b11-9+. The maximum absolute atomic E-state index is 8.94. The molecule has 0 amide bonds. The van der Waals surface area contributed by atoms with Crippen LogP contribution in [0.2, 0.25) is 0 Å². The van der Waals surface area contributed by atoms with Gasteiger partial charge >= 0.3 is 0 Å². The smallest absolute Gasteiger partial charge is 0.116 e. The Morgan fingerprint density at radius 3 is 2.31 bits per heavy atom. The molecular weight excluding hydrogens is 218 g/mol. The minimum absolute atomic E-state index is 0.182. The van der Waals surface area contributed by atoms with Crippen LogP contribution in [-0.2, 0) is 0 Å². The van der Waals surface area contributed by atoms with Crippen molar-refractivity contribution < 1.29 is 0 Å². The van der Waals surface area contributed by atoms with Gasteiger partial charge in [0.1, 0.15) is 16.6 Å². The summed E-state index contributed by atoms with van der Waals surface area (Å²) in [6.07, 6.45) is 7.52. The highest BCUT2D eigenvalue weighted by Gasteiger charge is 2.13. The summed E-state index contributed by atoms with van der Waals surface area (Å²) in [5, 5.41) is 12.3. The van der Waals surface area contributed by atoms with Gasteiger partial charge in [0, 0.05) is 11.7 Å². The third kappa shape index (κ3) is 3.82. The molecule has 0 aromatic carbocycles. The molecule has 0 radical (unpaired) electrons. The van der Waals surface area contributed by atoms with E-state index in [1.54, 1.807) is 0 Å². The van der Waals surface area contributed by atoms with Crippen LogP contribution in [0.15, 0.2) is 11.3 Å². The van der Waals surface area contributed by atoms with E-state index in [4.69, 9.17) is 23.2 Å². The molecule has 0 bridgehead atoms. The van der Waals surface area contributed by atoms with Crippen LogP contribution in [0.3, 0.4) is 0 Å². The number of hydrogen-bond donors (Lipinski definition) is 2. The third-order valence-electron chi connectivity index (χ3n) is 3.01. The van der Waals surface area contributed by atoms with E-state index < -0.39 is 0 Å². The van der Waals surface area contributed by atoms with E-state index >= 15 is 0 Å². The zero-order chi connectivity index (χ0) is 12.0. The van der Waals surface area contributed by atoms with E-state index in [-0.39, 0.29) is 4.99 Å². The predicted molar refractivity (Wildman–Crippen MR) is 69.7 cm³/mol. The lowest BCUT2D eigenvalue weighted by atomic mass is 10.1. The topological polar surface area (TPSA) is 61.8 Å². The molecule has 4 heteroatoms. The Morgan fingerprint density at radius 1 is 1.31 bits per heavy atom. The fraction of sp³-hybridized carbons (Fsp3) is 0.667. The summed E-state index contributed by atoms with van der Waals surface area (Å²) < 4.78 is 0. The molecule has 1 saturated carbocycles. The maximum atomic E-state index is 8.94. The molecule has 16 heavy (non-hydrogen) atoms. The summed E-state index contributed by atoms with van der Waals surface area (Å²) in [5.74, 6) is 0. The van der Waals surface area contributed by atoms with Crippen molar-refractivity contribution in [1.82, 2.24) is 5.32 Å².